The summed E-state index contributed by atoms with van der Waals surface area (Å²) >= 11 is 0. The third-order valence-electron chi connectivity index (χ3n) is 2.13. The molecule has 0 radical (unpaired) electrons. The SMILES string of the molecule is CCNS(=O)(=O)NC(C)c1ccccc1N. The monoisotopic (exact) mass is 243 g/mol. The maximum atomic E-state index is 11.5. The van der Waals surface area contributed by atoms with E-state index < -0.39 is 10.2 Å². The van der Waals surface area contributed by atoms with Gasteiger partial charge in [0.05, 0.1) is 0 Å². The van der Waals surface area contributed by atoms with E-state index in [0.29, 0.717) is 12.2 Å². The molecule has 0 aromatic heterocycles. The Morgan fingerprint density at radius 3 is 2.56 bits per heavy atom. The first kappa shape index (κ1) is 13.0. The van der Waals surface area contributed by atoms with Crippen LogP contribution in [-0.4, -0.2) is 15.0 Å². The number of hydrogen-bond donors (Lipinski definition) is 3. The van der Waals surface area contributed by atoms with Gasteiger partial charge in [-0.15, -0.1) is 0 Å². The van der Waals surface area contributed by atoms with Gasteiger partial charge in [0, 0.05) is 18.3 Å². The Morgan fingerprint density at radius 2 is 2.00 bits per heavy atom. The van der Waals surface area contributed by atoms with Crippen LogP contribution in [0.3, 0.4) is 0 Å². The fourth-order valence-corrected chi connectivity index (χ4v) is 2.49. The minimum absolute atomic E-state index is 0.353. The molecule has 0 amide bonds. The zero-order chi connectivity index (χ0) is 12.2. The molecule has 4 N–H and O–H groups in total. The van der Waals surface area contributed by atoms with E-state index >= 15 is 0 Å². The highest BCUT2D eigenvalue weighted by Gasteiger charge is 2.15. The molecule has 0 saturated carbocycles. The minimum atomic E-state index is -3.45. The fraction of sp³-hybridized carbons (Fsp3) is 0.400. The smallest absolute Gasteiger partial charge is 0.277 e. The molecule has 16 heavy (non-hydrogen) atoms. The summed E-state index contributed by atoms with van der Waals surface area (Å²) in [5.41, 5.74) is 7.10. The lowest BCUT2D eigenvalue weighted by Gasteiger charge is -2.16. The van der Waals surface area contributed by atoms with E-state index in [-0.39, 0.29) is 6.04 Å². The lowest BCUT2D eigenvalue weighted by Crippen LogP contribution is -2.37. The first-order valence-electron chi connectivity index (χ1n) is 5.07. The van der Waals surface area contributed by atoms with Gasteiger partial charge in [-0.2, -0.15) is 13.1 Å². The second-order valence-corrected chi connectivity index (χ2v) is 5.00. The highest BCUT2D eigenvalue weighted by molar-refractivity contribution is 7.87. The molecule has 0 aliphatic rings. The second kappa shape index (κ2) is 5.29. The molecule has 1 atom stereocenters. The van der Waals surface area contributed by atoms with Crippen LogP contribution in [0.4, 0.5) is 5.69 Å². The van der Waals surface area contributed by atoms with E-state index in [1.165, 1.54) is 0 Å². The predicted octanol–water partition coefficient (Wildman–Crippen LogP) is 0.774. The van der Waals surface area contributed by atoms with Crippen LogP contribution in [0.15, 0.2) is 24.3 Å². The molecule has 0 aliphatic heterocycles. The standard InChI is InChI=1S/C10H17N3O2S/c1-3-12-16(14,15)13-8(2)9-6-4-5-7-10(9)11/h4-8,12-13H,3,11H2,1-2H3. The van der Waals surface area contributed by atoms with Gasteiger partial charge in [0.2, 0.25) is 0 Å². The summed E-state index contributed by atoms with van der Waals surface area (Å²) in [7, 11) is -3.45. The van der Waals surface area contributed by atoms with Crippen LogP contribution in [0.1, 0.15) is 25.5 Å². The number of hydrogen-bond acceptors (Lipinski definition) is 3. The molecular formula is C10H17N3O2S. The molecule has 6 heteroatoms. The van der Waals surface area contributed by atoms with Crippen molar-refractivity contribution in [3.8, 4) is 0 Å². The van der Waals surface area contributed by atoms with Crippen LogP contribution < -0.4 is 15.2 Å². The van der Waals surface area contributed by atoms with Crippen LogP contribution in [0, 0.1) is 0 Å². The zero-order valence-corrected chi connectivity index (χ0v) is 10.2. The van der Waals surface area contributed by atoms with Gasteiger partial charge >= 0.3 is 0 Å². The van der Waals surface area contributed by atoms with E-state index in [4.69, 9.17) is 5.73 Å². The van der Waals surface area contributed by atoms with Gasteiger partial charge < -0.3 is 5.73 Å². The maximum Gasteiger partial charge on any atom is 0.277 e. The largest absolute Gasteiger partial charge is 0.398 e. The first-order chi connectivity index (χ1) is 7.46. The Hall–Kier alpha value is -1.11. The van der Waals surface area contributed by atoms with Gasteiger partial charge in [-0.05, 0) is 18.6 Å². The number of nitrogens with two attached hydrogens (primary N) is 1. The van der Waals surface area contributed by atoms with Gasteiger partial charge in [0.1, 0.15) is 0 Å². The quantitative estimate of drug-likeness (QED) is 0.668. The predicted molar refractivity (Wildman–Crippen MR) is 65.0 cm³/mol. The summed E-state index contributed by atoms with van der Waals surface area (Å²) in [6.07, 6.45) is 0. The lowest BCUT2D eigenvalue weighted by molar-refractivity contribution is 0.554. The molecule has 0 aliphatic carbocycles. The molecule has 1 unspecified atom stereocenters. The highest BCUT2D eigenvalue weighted by Crippen LogP contribution is 2.19. The molecule has 0 spiro atoms. The van der Waals surface area contributed by atoms with Crippen molar-refractivity contribution in [2.24, 2.45) is 0 Å². The number of benzene rings is 1. The molecule has 90 valence electrons. The summed E-state index contributed by atoms with van der Waals surface area (Å²) in [6, 6.07) is 6.82. The normalized spacial score (nSPS) is 13.6. The average Bonchev–Trinajstić information content (AvgIpc) is 2.17. The van der Waals surface area contributed by atoms with Crippen molar-refractivity contribution in [3.05, 3.63) is 29.8 Å². The number of rotatable bonds is 5. The van der Waals surface area contributed by atoms with Crippen molar-refractivity contribution in [2.75, 3.05) is 12.3 Å². The van der Waals surface area contributed by atoms with Crippen molar-refractivity contribution in [1.82, 2.24) is 9.44 Å². The Bertz CT molecular complexity index is 445. The van der Waals surface area contributed by atoms with Crippen LogP contribution in [0.2, 0.25) is 0 Å². The molecule has 0 heterocycles. The van der Waals surface area contributed by atoms with E-state index in [1.807, 2.05) is 12.1 Å². The summed E-state index contributed by atoms with van der Waals surface area (Å²) in [6.45, 7) is 3.83. The average molecular weight is 243 g/mol. The van der Waals surface area contributed by atoms with Crippen molar-refractivity contribution in [3.63, 3.8) is 0 Å². The van der Waals surface area contributed by atoms with Crippen LogP contribution >= 0.6 is 0 Å². The van der Waals surface area contributed by atoms with Crippen molar-refractivity contribution >= 4 is 15.9 Å². The topological polar surface area (TPSA) is 84.2 Å². The van der Waals surface area contributed by atoms with Gasteiger partial charge in [-0.3, -0.25) is 0 Å². The highest BCUT2D eigenvalue weighted by atomic mass is 32.2. The molecule has 0 bridgehead atoms. The molecule has 0 fully saturated rings. The zero-order valence-electron chi connectivity index (χ0n) is 9.40. The minimum Gasteiger partial charge on any atom is -0.398 e. The Kier molecular flexibility index (Phi) is 4.28. The van der Waals surface area contributed by atoms with Crippen molar-refractivity contribution < 1.29 is 8.42 Å². The number of nitrogen functional groups attached to an aromatic ring is 1. The number of para-hydroxylation sites is 1. The molecule has 5 nitrogen and oxygen atoms in total. The molecule has 1 aromatic carbocycles. The van der Waals surface area contributed by atoms with Crippen LogP contribution in [0.25, 0.3) is 0 Å². The summed E-state index contributed by atoms with van der Waals surface area (Å²) in [5, 5.41) is 0. The summed E-state index contributed by atoms with van der Waals surface area (Å²) in [4.78, 5) is 0. The van der Waals surface area contributed by atoms with E-state index in [1.54, 1.807) is 26.0 Å². The van der Waals surface area contributed by atoms with E-state index in [0.717, 1.165) is 5.56 Å². The summed E-state index contributed by atoms with van der Waals surface area (Å²) < 4.78 is 27.8. The van der Waals surface area contributed by atoms with Crippen molar-refractivity contribution in [2.45, 2.75) is 19.9 Å². The molecular weight excluding hydrogens is 226 g/mol. The second-order valence-electron chi connectivity index (χ2n) is 3.47. The van der Waals surface area contributed by atoms with E-state index in [9.17, 15) is 8.42 Å². The van der Waals surface area contributed by atoms with Gasteiger partial charge in [0.25, 0.3) is 10.2 Å². The van der Waals surface area contributed by atoms with Crippen molar-refractivity contribution in [1.29, 1.82) is 0 Å². The van der Waals surface area contributed by atoms with E-state index in [2.05, 4.69) is 9.44 Å². The third kappa shape index (κ3) is 3.48. The Morgan fingerprint density at radius 1 is 1.38 bits per heavy atom. The molecule has 0 saturated heterocycles. The number of nitrogens with one attached hydrogen (secondary N) is 2. The molecule has 1 aromatic rings. The lowest BCUT2D eigenvalue weighted by atomic mass is 10.1. The molecule has 1 rings (SSSR count). The van der Waals surface area contributed by atoms with Gasteiger partial charge in [-0.25, -0.2) is 4.72 Å². The van der Waals surface area contributed by atoms with Crippen LogP contribution in [0.5, 0.6) is 0 Å². The first-order valence-corrected chi connectivity index (χ1v) is 6.56. The Labute approximate surface area is 96.2 Å². The Balaban J connectivity index is 2.81. The fourth-order valence-electron chi connectivity index (χ4n) is 1.43. The maximum absolute atomic E-state index is 11.5. The number of anilines is 1. The summed E-state index contributed by atoms with van der Waals surface area (Å²) in [5.74, 6) is 0. The van der Waals surface area contributed by atoms with Crippen LogP contribution in [-0.2, 0) is 10.2 Å². The van der Waals surface area contributed by atoms with Gasteiger partial charge in [-0.1, -0.05) is 25.1 Å². The van der Waals surface area contributed by atoms with Gasteiger partial charge in [0.15, 0.2) is 0 Å². The third-order valence-corrected chi connectivity index (χ3v) is 3.46.